The Morgan fingerprint density at radius 1 is 0.527 bits per heavy atom. The van der Waals surface area contributed by atoms with Crippen molar-refractivity contribution < 1.29 is 14.4 Å². The van der Waals surface area contributed by atoms with Gasteiger partial charge in [-0.05, 0) is 122 Å². The van der Waals surface area contributed by atoms with Crippen LogP contribution in [0.25, 0.3) is 33.1 Å². The van der Waals surface area contributed by atoms with Crippen molar-refractivity contribution in [3.63, 3.8) is 0 Å². The van der Waals surface area contributed by atoms with Crippen molar-refractivity contribution >= 4 is 79.6 Å². The van der Waals surface area contributed by atoms with Crippen molar-refractivity contribution in [1.82, 2.24) is 50.8 Å². The third-order valence-electron chi connectivity index (χ3n) is 12.1. The average molecular weight is 1000 g/mol. The highest BCUT2D eigenvalue weighted by Crippen LogP contribution is 2.27. The van der Waals surface area contributed by atoms with E-state index < -0.39 is 0 Å². The minimum atomic E-state index is -0.346. The monoisotopic (exact) mass is 1000 g/mol. The highest BCUT2D eigenvalue weighted by atomic mass is 16.2. The van der Waals surface area contributed by atoms with Crippen molar-refractivity contribution in [1.29, 1.82) is 0 Å². The van der Waals surface area contributed by atoms with Gasteiger partial charge in [0.1, 0.15) is 0 Å². The first-order valence-corrected chi connectivity index (χ1v) is 24.0. The second kappa shape index (κ2) is 23.6. The van der Waals surface area contributed by atoms with Gasteiger partial charge in [-0.15, -0.1) is 0 Å². The zero-order valence-corrected chi connectivity index (χ0v) is 41.4. The van der Waals surface area contributed by atoms with Crippen LogP contribution in [0.15, 0.2) is 130 Å². The Morgan fingerprint density at radius 3 is 1.43 bits per heavy atom. The van der Waals surface area contributed by atoms with Gasteiger partial charge in [-0.2, -0.15) is 0 Å². The number of aromatic amines is 6. The number of aromatic nitrogens is 7. The molecule has 0 saturated carbocycles. The van der Waals surface area contributed by atoms with Gasteiger partial charge in [0.25, 0.3) is 0 Å². The number of benzene rings is 5. The molecule has 0 spiro atoms. The molecule has 5 aromatic carbocycles. The van der Waals surface area contributed by atoms with Crippen LogP contribution >= 0.6 is 0 Å². The molecule has 0 aliphatic carbocycles. The predicted molar refractivity (Wildman–Crippen MR) is 291 cm³/mol. The highest BCUT2D eigenvalue weighted by Gasteiger charge is 2.17. The zero-order chi connectivity index (χ0) is 52.1. The van der Waals surface area contributed by atoms with E-state index in [2.05, 4.69) is 103 Å². The lowest BCUT2D eigenvalue weighted by atomic mass is 10.0. The lowest BCUT2D eigenvalue weighted by Crippen LogP contribution is -2.32. The number of nitrogens with one attached hydrogen (secondary N) is 12. The maximum atomic E-state index is 12.5. The van der Waals surface area contributed by atoms with Crippen LogP contribution in [0, 0.1) is 13.8 Å². The van der Waals surface area contributed by atoms with E-state index in [4.69, 9.17) is 0 Å². The Bertz CT molecular complexity index is 3580. The summed E-state index contributed by atoms with van der Waals surface area (Å²) in [6, 6.07) is 31.0. The summed E-state index contributed by atoms with van der Waals surface area (Å²) in [7, 11) is 3.95. The van der Waals surface area contributed by atoms with Crippen LogP contribution in [0.5, 0.6) is 0 Å². The number of aryl methyl sites for hydroxylation is 2. The maximum absolute atomic E-state index is 12.5. The first kappa shape index (κ1) is 50.8. The van der Waals surface area contributed by atoms with Gasteiger partial charge in [-0.1, -0.05) is 42.5 Å². The molecule has 1 fully saturated rings. The summed E-state index contributed by atoms with van der Waals surface area (Å²) >= 11 is 0. The number of nitrogens with zero attached hydrogens (tertiary/aromatic N) is 3. The first-order chi connectivity index (χ1) is 35.8. The second-order valence-electron chi connectivity index (χ2n) is 17.9. The number of imidazole rings is 3. The Balaban J connectivity index is 0.000000149. The maximum Gasteiger partial charge on any atom is 0.323 e. The largest absolute Gasteiger partial charge is 0.377 e. The van der Waals surface area contributed by atoms with Gasteiger partial charge >= 0.3 is 35.2 Å². The summed E-state index contributed by atoms with van der Waals surface area (Å²) in [6.45, 7) is 7.49. The van der Waals surface area contributed by atoms with E-state index in [-0.39, 0.29) is 35.2 Å². The number of carbonyl (C=O) groups is 3. The summed E-state index contributed by atoms with van der Waals surface area (Å²) in [5, 5.41) is 16.8. The van der Waals surface area contributed by atoms with Gasteiger partial charge in [-0.25, -0.2) is 28.8 Å². The fourth-order valence-electron chi connectivity index (χ4n) is 8.51. The summed E-state index contributed by atoms with van der Waals surface area (Å²) in [5.74, 6) is 0. The molecule has 12 N–H and O–H groups in total. The molecule has 9 aromatic rings. The van der Waals surface area contributed by atoms with Crippen LogP contribution < -0.4 is 58.8 Å². The number of H-pyrrole nitrogens is 6. The van der Waals surface area contributed by atoms with Crippen molar-refractivity contribution in [3.8, 4) is 0 Å². The van der Waals surface area contributed by atoms with E-state index in [0.29, 0.717) is 69.8 Å². The van der Waals surface area contributed by atoms with Crippen molar-refractivity contribution in [3.05, 3.63) is 175 Å². The van der Waals surface area contributed by atoms with Crippen LogP contribution in [0.4, 0.5) is 42.8 Å². The van der Waals surface area contributed by atoms with Gasteiger partial charge in [0, 0.05) is 70.6 Å². The smallest absolute Gasteiger partial charge is 0.323 e. The summed E-state index contributed by atoms with van der Waals surface area (Å²) in [5.41, 5.74) is 12.2. The quantitative estimate of drug-likeness (QED) is 0.0607. The minimum absolute atomic E-state index is 0.296. The summed E-state index contributed by atoms with van der Waals surface area (Å²) in [4.78, 5) is 95.2. The van der Waals surface area contributed by atoms with Crippen LogP contribution in [0.2, 0.25) is 0 Å². The van der Waals surface area contributed by atoms with Crippen LogP contribution in [-0.2, 0) is 19.6 Å². The van der Waals surface area contributed by atoms with Gasteiger partial charge in [0.2, 0.25) is 0 Å². The lowest BCUT2D eigenvalue weighted by molar-refractivity contribution is 0.251. The fraction of sp³-hybridized carbons (Fsp3) is 0.226. The van der Waals surface area contributed by atoms with Crippen molar-refractivity contribution in [2.45, 2.75) is 52.7 Å². The third kappa shape index (κ3) is 13.3. The molecular weight excluding hydrogens is 943 g/mol. The van der Waals surface area contributed by atoms with E-state index in [1.165, 1.54) is 36.1 Å². The van der Waals surface area contributed by atoms with Crippen molar-refractivity contribution in [2.75, 3.05) is 52.9 Å². The number of hydrogen-bond donors (Lipinski definition) is 12. The number of piperidine rings is 1. The molecule has 10 rings (SSSR count). The molecule has 0 unspecified atom stereocenters. The molecule has 21 heteroatoms. The molecule has 0 atom stereocenters. The Labute approximate surface area is 424 Å². The van der Waals surface area contributed by atoms with Crippen LogP contribution in [0.3, 0.4) is 0 Å². The van der Waals surface area contributed by atoms with E-state index in [9.17, 15) is 28.8 Å². The zero-order valence-electron chi connectivity index (χ0n) is 41.4. The number of pyridine rings is 1. The summed E-state index contributed by atoms with van der Waals surface area (Å²) < 4.78 is 0. The molecule has 1 saturated heterocycles. The second-order valence-corrected chi connectivity index (χ2v) is 17.9. The summed E-state index contributed by atoms with van der Waals surface area (Å²) in [6.07, 6.45) is 7.03. The molecule has 74 heavy (non-hydrogen) atoms. The number of rotatable bonds is 11. The topological polar surface area (TPSA) is 289 Å². The highest BCUT2D eigenvalue weighted by molar-refractivity contribution is 6.00. The lowest BCUT2D eigenvalue weighted by Gasteiger charge is -2.31. The molecule has 21 nitrogen and oxygen atoms in total. The molecule has 6 amide bonds. The third-order valence-corrected chi connectivity index (χ3v) is 12.1. The molecule has 1 aliphatic heterocycles. The molecule has 0 radical (unpaired) electrons. The first-order valence-electron chi connectivity index (χ1n) is 24.0. The standard InChI is InChI=1S/C21H25N5O2.C18H21N5O2.C14H13N5O2/c1-14-8-9-15(18(12-14)26-10-3-2-4-11-26)13-22-20(27)23-16-6-5-7-17-19(16)25-21(28)24-17;1-11-7-8-12(15(9-11)23(2)3)10-19-17(24)20-13-5-4-6-14-16(13)22-18(25)21-14;20-13(16-8-9-4-6-15-7-5-9)17-10-2-1-3-11-12(10)19-14(21)18-11/h5-9,12H,2-4,10-11,13H2,1H3,(H2,22,23,27)(H2,24,25,28);4-9H,10H2,1-3H3,(H2,19,20,24)(H2,21,22,25);1-7H,8H2,(H2,16,17,20)(H2,18,19,21). The fourth-order valence-corrected chi connectivity index (χ4v) is 8.51. The predicted octanol–water partition coefficient (Wildman–Crippen LogP) is 7.60. The molecule has 382 valence electrons. The number of urea groups is 3. The number of hydrogen-bond acceptors (Lipinski definition) is 9. The number of para-hydroxylation sites is 3. The Hall–Kier alpha value is -9.53. The van der Waals surface area contributed by atoms with E-state index in [0.717, 1.165) is 35.5 Å². The van der Waals surface area contributed by atoms with Crippen molar-refractivity contribution in [2.24, 2.45) is 0 Å². The molecule has 0 bridgehead atoms. The van der Waals surface area contributed by atoms with Crippen LogP contribution in [-0.4, -0.2) is 80.2 Å². The number of anilines is 5. The normalized spacial score (nSPS) is 12.0. The molecule has 1 aliphatic rings. The number of fused-ring (bicyclic) bond motifs is 3. The van der Waals surface area contributed by atoms with E-state index in [1.54, 1.807) is 67.0 Å². The molecular formula is C53H59N15O6. The Morgan fingerprint density at radius 2 is 0.959 bits per heavy atom. The van der Waals surface area contributed by atoms with Gasteiger partial charge < -0.3 is 71.6 Å². The van der Waals surface area contributed by atoms with Gasteiger partial charge in [0.05, 0.1) is 50.2 Å². The molecule has 5 heterocycles. The van der Waals surface area contributed by atoms with E-state index >= 15 is 0 Å². The van der Waals surface area contributed by atoms with Crippen LogP contribution in [0.1, 0.15) is 47.1 Å². The van der Waals surface area contributed by atoms with Gasteiger partial charge in [0.15, 0.2) is 0 Å². The SMILES string of the molecule is Cc1ccc(CNC(=O)Nc2cccc3[nH]c(=O)[nH]c23)c(N(C)C)c1.Cc1ccc(CNC(=O)Nc2cccc3[nH]c(=O)[nH]c23)c(N2CCCCC2)c1.O=C(NCc1ccncc1)Nc1cccc2[nH]c(=O)[nH]c12. The van der Waals surface area contributed by atoms with Gasteiger partial charge in [-0.3, -0.25) is 4.98 Å². The minimum Gasteiger partial charge on any atom is -0.377 e. The Kier molecular flexibility index (Phi) is 16.2. The number of carbonyl (C=O) groups excluding carboxylic acids is 3. The average Bonchev–Trinajstić information content (AvgIpc) is 4.11. The molecule has 4 aromatic heterocycles. The number of amides is 6. The van der Waals surface area contributed by atoms with E-state index in [1.807, 2.05) is 50.2 Å².